The van der Waals surface area contributed by atoms with Crippen LogP contribution >= 0.6 is 22.9 Å². The first-order chi connectivity index (χ1) is 3.30. The molecular weight excluding hydrogens is 209 g/mol. The highest BCUT2D eigenvalue weighted by Crippen LogP contribution is 1.72. The first-order valence-corrected chi connectivity index (χ1v) is 2.58. The minimum Gasteiger partial charge on any atom is -0.0597 e. The topological polar surface area (TPSA) is 47.5 Å². The Morgan fingerprint density at radius 3 is 2.57 bits per heavy atom. The molecule has 7 heavy (non-hydrogen) atoms. The number of nitrogens with zero attached hydrogens (tertiary/aromatic N) is 5. The Bertz CT molecular complexity index is 140. The van der Waals surface area contributed by atoms with Crippen LogP contribution in [-0.4, -0.2) is 18.7 Å². The van der Waals surface area contributed by atoms with E-state index in [1.54, 1.807) is 7.05 Å². The predicted molar refractivity (Wildman–Crippen MR) is 28.4 cm³/mol. The average molecular weight is 212 g/mol. The molecule has 0 amide bonds. The van der Waals surface area contributed by atoms with Crippen LogP contribution in [0.1, 0.15) is 0 Å². The number of aromatic nitrogens is 5. The van der Waals surface area contributed by atoms with E-state index in [1.807, 2.05) is 22.9 Å². The van der Waals surface area contributed by atoms with Crippen molar-refractivity contribution in [2.24, 2.45) is 7.05 Å². The van der Waals surface area contributed by atoms with Crippen molar-refractivity contribution in [1.82, 2.24) is 18.7 Å². The minimum atomic E-state index is 1.50. The third kappa shape index (κ3) is 0.842. The SMILES string of the molecule is C[n+]1nnnn1I. The Morgan fingerprint density at radius 1 is 1.71 bits per heavy atom. The van der Waals surface area contributed by atoms with Crippen LogP contribution in [0, 0.1) is 0 Å². The summed E-state index contributed by atoms with van der Waals surface area (Å²) in [5.74, 6) is 0. The van der Waals surface area contributed by atoms with Crippen LogP contribution in [0.3, 0.4) is 0 Å². The van der Waals surface area contributed by atoms with Crippen molar-refractivity contribution < 1.29 is 4.80 Å². The minimum absolute atomic E-state index is 1.50. The lowest BCUT2D eigenvalue weighted by Crippen LogP contribution is -2.37. The number of hydrogen-bond acceptors (Lipinski definition) is 3. The summed E-state index contributed by atoms with van der Waals surface area (Å²) < 4.78 is 1.50. The lowest BCUT2D eigenvalue weighted by Gasteiger charge is -1.73. The summed E-state index contributed by atoms with van der Waals surface area (Å²) in [5, 5.41) is 10.4. The summed E-state index contributed by atoms with van der Waals surface area (Å²) in [6.45, 7) is 0. The second-order valence-electron chi connectivity index (χ2n) is 0.998. The summed E-state index contributed by atoms with van der Waals surface area (Å²) in [5.41, 5.74) is 0. The number of aryl methyl sites for hydroxylation is 1. The van der Waals surface area contributed by atoms with Crippen molar-refractivity contribution >= 4 is 22.9 Å². The van der Waals surface area contributed by atoms with Gasteiger partial charge in [-0.15, -0.1) is 0 Å². The molecule has 0 bridgehead atoms. The molecule has 0 saturated heterocycles. The molecule has 0 fully saturated rings. The van der Waals surface area contributed by atoms with Crippen LogP contribution in [0.25, 0.3) is 0 Å². The Morgan fingerprint density at radius 2 is 2.43 bits per heavy atom. The third-order valence-corrected chi connectivity index (χ3v) is 1.34. The van der Waals surface area contributed by atoms with Gasteiger partial charge >= 0.3 is 0 Å². The van der Waals surface area contributed by atoms with Crippen molar-refractivity contribution in [1.29, 1.82) is 0 Å². The number of hydrogen-bond donors (Lipinski definition) is 0. The summed E-state index contributed by atoms with van der Waals surface area (Å²) in [7, 11) is 1.76. The Balaban J connectivity index is 3.12. The molecule has 1 aromatic heterocycles. The molecule has 0 N–H and O–H groups in total. The van der Waals surface area contributed by atoms with Gasteiger partial charge < -0.3 is 0 Å². The van der Waals surface area contributed by atoms with E-state index in [0.29, 0.717) is 0 Å². The van der Waals surface area contributed by atoms with Crippen molar-refractivity contribution in [2.45, 2.75) is 0 Å². The van der Waals surface area contributed by atoms with Gasteiger partial charge in [0.05, 0.1) is 0 Å². The lowest BCUT2D eigenvalue weighted by molar-refractivity contribution is -0.791. The van der Waals surface area contributed by atoms with E-state index >= 15 is 0 Å². The van der Waals surface area contributed by atoms with Gasteiger partial charge in [0.25, 0.3) is 0 Å². The molecule has 6 heteroatoms. The van der Waals surface area contributed by atoms with E-state index in [-0.39, 0.29) is 0 Å². The fourth-order valence-electron chi connectivity index (χ4n) is 0.200. The van der Waals surface area contributed by atoms with E-state index in [9.17, 15) is 0 Å². The molecule has 0 aliphatic rings. The molecule has 1 aromatic rings. The smallest absolute Gasteiger partial charge is 0.0597 e. The predicted octanol–water partition coefficient (Wildman–Crippen LogP) is -1.30. The van der Waals surface area contributed by atoms with E-state index in [1.165, 1.54) is 7.81 Å². The number of rotatable bonds is 0. The lowest BCUT2D eigenvalue weighted by atomic mass is 11.5. The molecule has 38 valence electrons. The summed E-state index contributed by atoms with van der Waals surface area (Å²) in [6, 6.07) is 0. The van der Waals surface area contributed by atoms with Gasteiger partial charge in [-0.3, -0.25) is 0 Å². The Hall–Kier alpha value is -0.270. The summed E-state index contributed by atoms with van der Waals surface area (Å²) in [6.07, 6.45) is 0. The number of halogens is 1. The molecule has 1 rings (SSSR count). The Labute approximate surface area is 53.8 Å². The van der Waals surface area contributed by atoms with Gasteiger partial charge in [-0.1, -0.05) is 4.80 Å². The monoisotopic (exact) mass is 212 g/mol. The zero-order valence-electron chi connectivity index (χ0n) is 3.61. The van der Waals surface area contributed by atoms with E-state index in [2.05, 4.69) is 15.6 Å². The van der Waals surface area contributed by atoms with Gasteiger partial charge in [0, 0.05) is 3.01 Å². The normalized spacial score (nSPS) is 9.43. The van der Waals surface area contributed by atoms with Crippen LogP contribution in [-0.2, 0) is 7.05 Å². The molecular formula is CH3IN5+. The first kappa shape index (κ1) is 4.88. The molecule has 1 heterocycles. The van der Waals surface area contributed by atoms with Crippen molar-refractivity contribution in [3.63, 3.8) is 0 Å². The zero-order chi connectivity index (χ0) is 5.28. The zero-order valence-corrected chi connectivity index (χ0v) is 5.77. The second-order valence-corrected chi connectivity index (χ2v) is 1.86. The van der Waals surface area contributed by atoms with Gasteiger partial charge in [0.1, 0.15) is 12.3 Å². The summed E-state index contributed by atoms with van der Waals surface area (Å²) in [4.78, 5) is 1.51. The van der Waals surface area contributed by atoms with Crippen LogP contribution < -0.4 is 4.80 Å². The average Bonchev–Trinajstić information content (AvgIpc) is 1.91. The Kier molecular flexibility index (Phi) is 1.17. The van der Waals surface area contributed by atoms with Gasteiger partial charge in [0.2, 0.25) is 10.4 Å². The first-order valence-electron chi connectivity index (χ1n) is 1.62. The van der Waals surface area contributed by atoms with Gasteiger partial charge in [-0.25, -0.2) is 0 Å². The highest BCUT2D eigenvalue weighted by atomic mass is 127. The third-order valence-electron chi connectivity index (χ3n) is 0.522. The molecule has 0 aliphatic carbocycles. The van der Waals surface area contributed by atoms with Crippen molar-refractivity contribution in [3.05, 3.63) is 0 Å². The standard InChI is InChI=1S/CH3IN5/c1-6-4-3-5-7(6)2/h1H3/q+1. The molecule has 5 nitrogen and oxygen atoms in total. The maximum Gasteiger partial charge on any atom is 0.232 e. The largest absolute Gasteiger partial charge is 0.232 e. The van der Waals surface area contributed by atoms with E-state index in [4.69, 9.17) is 0 Å². The van der Waals surface area contributed by atoms with Gasteiger partial charge in [-0.05, 0) is 0 Å². The highest BCUT2D eigenvalue weighted by molar-refractivity contribution is 14.1. The van der Waals surface area contributed by atoms with Crippen LogP contribution in [0.2, 0.25) is 0 Å². The van der Waals surface area contributed by atoms with Gasteiger partial charge in [-0.2, -0.15) is 0 Å². The summed E-state index contributed by atoms with van der Waals surface area (Å²) >= 11 is 1.96. The van der Waals surface area contributed by atoms with Crippen LogP contribution in [0.4, 0.5) is 0 Å². The fourth-order valence-corrected chi connectivity index (χ4v) is 0.372. The molecule has 0 atom stereocenters. The molecule has 0 spiro atoms. The van der Waals surface area contributed by atoms with Crippen molar-refractivity contribution in [3.8, 4) is 0 Å². The highest BCUT2D eigenvalue weighted by Gasteiger charge is 1.98. The van der Waals surface area contributed by atoms with Gasteiger partial charge in [0.15, 0.2) is 22.9 Å². The van der Waals surface area contributed by atoms with Crippen LogP contribution in [0.5, 0.6) is 0 Å². The molecule has 0 unspecified atom stereocenters. The molecule has 0 saturated carbocycles. The maximum atomic E-state index is 3.53. The maximum absolute atomic E-state index is 3.53. The molecule has 0 aliphatic heterocycles. The molecule has 0 radical (unpaired) electrons. The van der Waals surface area contributed by atoms with Crippen LogP contribution in [0.15, 0.2) is 0 Å². The van der Waals surface area contributed by atoms with Crippen molar-refractivity contribution in [2.75, 3.05) is 0 Å². The fraction of sp³-hybridized carbons (Fsp3) is 1.00. The van der Waals surface area contributed by atoms with E-state index in [0.717, 1.165) is 0 Å². The van der Waals surface area contributed by atoms with E-state index < -0.39 is 0 Å². The quantitative estimate of drug-likeness (QED) is 0.396. The molecule has 0 aromatic carbocycles. The second kappa shape index (κ2) is 1.68.